The highest BCUT2D eigenvalue weighted by Gasteiger charge is 2.37. The summed E-state index contributed by atoms with van der Waals surface area (Å²) < 4.78 is 13.7. The molecule has 0 aromatic carbocycles. The second kappa shape index (κ2) is 3.95. The third kappa shape index (κ3) is 3.07. The van der Waals surface area contributed by atoms with Gasteiger partial charge in [0.25, 0.3) is 0 Å². The summed E-state index contributed by atoms with van der Waals surface area (Å²) >= 11 is 0. The van der Waals surface area contributed by atoms with E-state index in [1.54, 1.807) is 0 Å². The van der Waals surface area contributed by atoms with Crippen LogP contribution in [-0.2, 0) is 4.43 Å². The van der Waals surface area contributed by atoms with Crippen molar-refractivity contribution < 1.29 is 5.80 Å². The first kappa shape index (κ1) is 10.6. The summed E-state index contributed by atoms with van der Waals surface area (Å²) in [5.74, 6) is 0. The first-order chi connectivity index (χ1) is 6.67. The molecule has 1 heterocycles. The third-order valence-corrected chi connectivity index (χ3v) is 8.00. The van der Waals surface area contributed by atoms with Crippen LogP contribution in [0.4, 0.5) is 0 Å². The van der Waals surface area contributed by atoms with Crippen molar-refractivity contribution in [1.29, 1.82) is 0 Å². The molecule has 0 saturated carbocycles. The van der Waals surface area contributed by atoms with Crippen LogP contribution in [0.1, 0.15) is 29.1 Å². The zero-order valence-corrected chi connectivity index (χ0v) is 11.4. The van der Waals surface area contributed by atoms with Crippen LogP contribution < -0.4 is 0 Å². The Bertz CT molecular complexity index is 219. The van der Waals surface area contributed by atoms with Crippen LogP contribution in [0.15, 0.2) is 0 Å². The van der Waals surface area contributed by atoms with E-state index in [1.807, 2.05) is 0 Å². The second-order valence-corrected chi connectivity index (χ2v) is 10.5. The minimum atomic E-state index is -1.58. The Labute approximate surface area is 91.2 Å². The lowest BCUT2D eigenvalue weighted by Gasteiger charge is -2.36. The van der Waals surface area contributed by atoms with Gasteiger partial charge in [-0.15, -0.1) is 0 Å². The van der Waals surface area contributed by atoms with Crippen LogP contribution in [0.3, 0.4) is 0 Å². The van der Waals surface area contributed by atoms with E-state index in [9.17, 15) is 0 Å². The van der Waals surface area contributed by atoms with E-state index in [0.717, 1.165) is 13.2 Å². The Hall–Kier alpha value is 0.137. The molecule has 1 rings (SSSR count). The molecule has 0 N–H and O–H groups in total. The van der Waals surface area contributed by atoms with E-state index in [2.05, 4.69) is 45.7 Å². The summed E-state index contributed by atoms with van der Waals surface area (Å²) in [6.45, 7) is 15.1. The van der Waals surface area contributed by atoms with Crippen LogP contribution in [0, 0.1) is 0 Å². The smallest absolute Gasteiger partial charge is 0.192 e. The predicted molar refractivity (Wildman–Crippen MR) is 64.2 cm³/mol. The maximum absolute atomic E-state index is 7.60. The van der Waals surface area contributed by atoms with Crippen LogP contribution in [0.2, 0.25) is 18.1 Å². The zero-order chi connectivity index (χ0) is 11.9. The lowest BCUT2D eigenvalue weighted by Crippen LogP contribution is -2.41. The summed E-state index contributed by atoms with van der Waals surface area (Å²) in [5, 5.41) is 0.290. The average molecular weight is 216 g/mol. The third-order valence-electron chi connectivity index (χ3n) is 3.46. The maximum atomic E-state index is 7.60. The van der Waals surface area contributed by atoms with Crippen molar-refractivity contribution in [2.45, 2.75) is 51.9 Å². The molecule has 3 atom stereocenters. The predicted octanol–water partition coefficient (Wildman–Crippen LogP) is 2.71. The maximum Gasteiger partial charge on any atom is 0.192 e. The lowest BCUT2D eigenvalue weighted by molar-refractivity contribution is 0.263. The summed E-state index contributed by atoms with van der Waals surface area (Å²) in [6, 6.07) is 0.438. The summed E-state index contributed by atoms with van der Waals surface area (Å²) in [5.41, 5.74) is 0. The van der Waals surface area contributed by atoms with Crippen LogP contribution >= 0.6 is 0 Å². The van der Waals surface area contributed by atoms with Crippen molar-refractivity contribution in [3.05, 3.63) is 0 Å². The molecule has 0 radical (unpaired) electrons. The largest absolute Gasteiger partial charge is 0.416 e. The minimum Gasteiger partial charge on any atom is -0.416 e. The topological polar surface area (TPSA) is 12.2 Å². The molecule has 0 aliphatic carbocycles. The summed E-state index contributed by atoms with van der Waals surface area (Å²) in [4.78, 5) is 2.16. The Balaban J connectivity index is 2.26. The van der Waals surface area contributed by atoms with E-state index >= 15 is 0 Å². The van der Waals surface area contributed by atoms with Gasteiger partial charge in [0.05, 0.1) is 0 Å². The van der Waals surface area contributed by atoms with E-state index in [1.165, 1.54) is 0 Å². The molecule has 2 nitrogen and oxygen atoms in total. The van der Waals surface area contributed by atoms with Gasteiger partial charge in [-0.2, -0.15) is 0 Å². The van der Waals surface area contributed by atoms with Gasteiger partial charge in [0, 0.05) is 27.1 Å². The normalized spacial score (nSPS) is 34.1. The number of nitrogens with zero attached hydrogens (tertiary/aromatic N) is 1. The van der Waals surface area contributed by atoms with E-state index in [0.29, 0.717) is 6.04 Å². The van der Waals surface area contributed by atoms with Crippen molar-refractivity contribution >= 4 is 8.32 Å². The molecule has 1 unspecified atom stereocenters. The Morgan fingerprint density at radius 2 is 2.00 bits per heavy atom. The van der Waals surface area contributed by atoms with E-state index in [-0.39, 0.29) is 11.6 Å². The number of hydrogen-bond donors (Lipinski definition) is 0. The molecule has 0 aromatic heterocycles. The minimum absolute atomic E-state index is 0.0213. The van der Waals surface area contributed by atoms with Gasteiger partial charge < -0.3 is 4.43 Å². The number of hydrogen-bond acceptors (Lipinski definition) is 2. The molecule has 0 spiro atoms. The lowest BCUT2D eigenvalue weighted by atomic mass is 10.2. The van der Waals surface area contributed by atoms with Gasteiger partial charge in [-0.05, 0) is 25.1 Å². The van der Waals surface area contributed by atoms with Crippen LogP contribution in [-0.4, -0.2) is 38.9 Å². The molecule has 0 bridgehead atoms. The van der Waals surface area contributed by atoms with Gasteiger partial charge in [0.1, 0.15) is 0 Å². The molecule has 0 amide bonds. The monoisotopic (exact) mass is 216 g/mol. The molecule has 1 saturated heterocycles. The quantitative estimate of drug-likeness (QED) is 0.529. The van der Waals surface area contributed by atoms with Crippen molar-refractivity contribution in [1.82, 2.24) is 4.90 Å². The number of rotatable bonds is 4. The van der Waals surface area contributed by atoms with Crippen LogP contribution in [0.25, 0.3) is 0 Å². The zero-order valence-electron chi connectivity index (χ0n) is 11.4. The fourth-order valence-corrected chi connectivity index (χ4v) is 2.17. The van der Waals surface area contributed by atoms with Crippen LogP contribution in [0.5, 0.6) is 0 Å². The highest BCUT2D eigenvalue weighted by Crippen LogP contribution is 2.36. The molecular formula is C11H25NOSi. The van der Waals surface area contributed by atoms with Gasteiger partial charge in [0.15, 0.2) is 8.32 Å². The molecule has 14 heavy (non-hydrogen) atoms. The molecular weight excluding hydrogens is 190 g/mol. The Kier molecular flexibility index (Phi) is 3.00. The molecule has 0 aromatic rings. The fraction of sp³-hybridized carbons (Fsp3) is 1.00. The highest BCUT2D eigenvalue weighted by molar-refractivity contribution is 6.74. The van der Waals surface area contributed by atoms with Crippen molar-refractivity contribution in [3.63, 3.8) is 0 Å². The molecule has 1 aliphatic heterocycles. The van der Waals surface area contributed by atoms with Gasteiger partial charge in [-0.3, -0.25) is 4.90 Å². The Morgan fingerprint density at radius 1 is 1.50 bits per heavy atom. The van der Waals surface area contributed by atoms with E-state index < -0.39 is 8.32 Å². The summed E-state index contributed by atoms with van der Waals surface area (Å²) in [7, 11) is -1.58. The first-order valence-corrected chi connectivity index (χ1v) is 8.39. The molecule has 3 heteroatoms. The van der Waals surface area contributed by atoms with Gasteiger partial charge >= 0.3 is 0 Å². The molecule has 1 aliphatic rings. The Morgan fingerprint density at radius 3 is 2.36 bits per heavy atom. The van der Waals surface area contributed by atoms with Gasteiger partial charge in [0.2, 0.25) is 0 Å². The summed E-state index contributed by atoms with van der Waals surface area (Å²) in [6.07, 6.45) is 0. The fourth-order valence-electron chi connectivity index (χ4n) is 1.14. The molecule has 1 fully saturated rings. The standard InChI is InChI=1S/C11H25NOSi/c1-10-9-12(10)7-8-13-14(5,6)11(2,3)4/h10H,7-9H2,1-6H3/t10-,12?/m1/s1/i9D/t9-,10+,12?/m0. The molecule has 84 valence electrons. The van der Waals surface area contributed by atoms with Crippen molar-refractivity contribution in [2.24, 2.45) is 0 Å². The highest BCUT2D eigenvalue weighted by atomic mass is 28.4. The average Bonchev–Trinajstić information content (AvgIpc) is 2.59. The van der Waals surface area contributed by atoms with E-state index in [4.69, 9.17) is 5.80 Å². The van der Waals surface area contributed by atoms with Gasteiger partial charge in [-0.25, -0.2) is 0 Å². The van der Waals surface area contributed by atoms with Crippen molar-refractivity contribution in [2.75, 3.05) is 19.7 Å². The second-order valence-electron chi connectivity index (χ2n) is 5.74. The SMILES string of the molecule is [2H][C@H]1[C@@H](C)N1CCO[Si](C)(C)C(C)(C)C. The first-order valence-electron chi connectivity index (χ1n) is 6.06. The van der Waals surface area contributed by atoms with Crippen molar-refractivity contribution in [3.8, 4) is 0 Å². The van der Waals surface area contributed by atoms with Gasteiger partial charge in [-0.1, -0.05) is 20.8 Å².